The number of hydrogen-bond donors (Lipinski definition) is 1. The molecule has 0 unspecified atom stereocenters. The van der Waals surface area contributed by atoms with Gasteiger partial charge in [-0.05, 0) is 44.6 Å². The average molecular weight is 345 g/mol. The van der Waals surface area contributed by atoms with Crippen molar-refractivity contribution < 1.29 is 0 Å². The molecule has 2 aromatic rings. The van der Waals surface area contributed by atoms with Crippen LogP contribution in [0.15, 0.2) is 34.1 Å². The van der Waals surface area contributed by atoms with Crippen LogP contribution in [0.25, 0.3) is 10.4 Å². The summed E-state index contributed by atoms with van der Waals surface area (Å²) < 4.78 is 1.12. The fourth-order valence-corrected chi connectivity index (χ4v) is 3.49. The third-order valence-corrected chi connectivity index (χ3v) is 4.87. The molecule has 0 amide bonds. The van der Waals surface area contributed by atoms with Crippen LogP contribution in [0.2, 0.25) is 5.02 Å². The van der Waals surface area contributed by atoms with Crippen LogP contribution in [-0.4, -0.2) is 6.04 Å². The van der Waals surface area contributed by atoms with Gasteiger partial charge < -0.3 is 5.32 Å². The fourth-order valence-electron chi connectivity index (χ4n) is 1.65. The summed E-state index contributed by atoms with van der Waals surface area (Å²) >= 11 is 11.6. The predicted octanol–water partition coefficient (Wildman–Crippen LogP) is 5.33. The molecule has 0 fully saturated rings. The van der Waals surface area contributed by atoms with Gasteiger partial charge in [0.15, 0.2) is 0 Å². The molecule has 1 aromatic heterocycles. The molecule has 4 heteroatoms. The smallest absolute Gasteiger partial charge is 0.0485 e. The molecule has 0 aliphatic heterocycles. The van der Waals surface area contributed by atoms with Crippen LogP contribution in [0.1, 0.15) is 19.4 Å². The van der Waals surface area contributed by atoms with E-state index in [2.05, 4.69) is 58.7 Å². The van der Waals surface area contributed by atoms with E-state index in [0.29, 0.717) is 6.04 Å². The molecule has 0 spiro atoms. The summed E-state index contributed by atoms with van der Waals surface area (Å²) in [6.45, 7) is 5.07. The first-order valence-corrected chi connectivity index (χ1v) is 7.88. The number of nitrogens with one attached hydrogen (secondary N) is 1. The van der Waals surface area contributed by atoms with Gasteiger partial charge in [0, 0.05) is 27.0 Å². The van der Waals surface area contributed by atoms with E-state index in [9.17, 15) is 0 Å². The number of hydrogen-bond acceptors (Lipinski definition) is 2. The number of benzene rings is 1. The molecule has 0 saturated carbocycles. The summed E-state index contributed by atoms with van der Waals surface area (Å²) in [5, 5.41) is 6.27. The highest BCUT2D eigenvalue weighted by Gasteiger charge is 2.08. The van der Waals surface area contributed by atoms with Crippen LogP contribution in [0.4, 0.5) is 0 Å². The molecule has 1 nitrogen and oxygen atoms in total. The molecule has 0 atom stereocenters. The van der Waals surface area contributed by atoms with Gasteiger partial charge in [0.2, 0.25) is 0 Å². The third kappa shape index (κ3) is 3.35. The molecule has 0 aliphatic carbocycles. The second-order valence-electron chi connectivity index (χ2n) is 4.44. The second-order valence-corrected chi connectivity index (χ2v) is 6.62. The molecule has 1 N–H and O–H groups in total. The Morgan fingerprint density at radius 2 is 2.11 bits per heavy atom. The van der Waals surface area contributed by atoms with Crippen molar-refractivity contribution in [3.63, 3.8) is 0 Å². The van der Waals surface area contributed by atoms with Crippen molar-refractivity contribution in [2.45, 2.75) is 26.4 Å². The van der Waals surface area contributed by atoms with Crippen LogP contribution in [-0.2, 0) is 6.54 Å². The van der Waals surface area contributed by atoms with Crippen molar-refractivity contribution in [2.75, 3.05) is 0 Å². The third-order valence-electron chi connectivity index (χ3n) is 2.63. The van der Waals surface area contributed by atoms with Crippen LogP contribution in [0.5, 0.6) is 0 Å². The van der Waals surface area contributed by atoms with Gasteiger partial charge in [-0.3, -0.25) is 0 Å². The molecular formula is C14H15BrClNS. The Kier molecular flexibility index (Phi) is 4.84. The predicted molar refractivity (Wildman–Crippen MR) is 84.4 cm³/mol. The number of rotatable bonds is 4. The van der Waals surface area contributed by atoms with E-state index in [4.69, 9.17) is 11.6 Å². The molecule has 18 heavy (non-hydrogen) atoms. The van der Waals surface area contributed by atoms with Crippen molar-refractivity contribution >= 4 is 38.9 Å². The van der Waals surface area contributed by atoms with Crippen LogP contribution in [0.3, 0.4) is 0 Å². The molecule has 0 aliphatic rings. The molecule has 96 valence electrons. The molecule has 2 rings (SSSR count). The zero-order valence-electron chi connectivity index (χ0n) is 10.3. The standard InChI is InChI=1S/C14H15BrClNS/c1-9(2)17-8-11-4-3-10(7-13(11)16)14-12(15)5-6-18-14/h3-7,9,17H,8H2,1-2H3. The maximum atomic E-state index is 6.33. The van der Waals surface area contributed by atoms with Gasteiger partial charge in [0.05, 0.1) is 0 Å². The van der Waals surface area contributed by atoms with Crippen molar-refractivity contribution in [2.24, 2.45) is 0 Å². The average Bonchev–Trinajstić information content (AvgIpc) is 2.73. The lowest BCUT2D eigenvalue weighted by atomic mass is 10.1. The lowest BCUT2D eigenvalue weighted by Crippen LogP contribution is -2.21. The normalized spacial score (nSPS) is 11.2. The highest BCUT2D eigenvalue weighted by atomic mass is 79.9. The lowest BCUT2D eigenvalue weighted by molar-refractivity contribution is 0.589. The Balaban J connectivity index is 2.22. The van der Waals surface area contributed by atoms with Crippen LogP contribution in [0, 0.1) is 0 Å². The van der Waals surface area contributed by atoms with E-state index in [1.807, 2.05) is 6.07 Å². The molecule has 0 bridgehead atoms. The van der Waals surface area contributed by atoms with Crippen molar-refractivity contribution in [1.82, 2.24) is 5.32 Å². The molecule has 1 heterocycles. The maximum Gasteiger partial charge on any atom is 0.0485 e. The minimum Gasteiger partial charge on any atom is -0.310 e. The highest BCUT2D eigenvalue weighted by molar-refractivity contribution is 9.10. The summed E-state index contributed by atoms with van der Waals surface area (Å²) in [4.78, 5) is 1.22. The number of thiophene rings is 1. The van der Waals surface area contributed by atoms with Crippen molar-refractivity contribution in [1.29, 1.82) is 0 Å². The summed E-state index contributed by atoms with van der Waals surface area (Å²) in [5.41, 5.74) is 2.30. The highest BCUT2D eigenvalue weighted by Crippen LogP contribution is 2.35. The Labute approximate surface area is 125 Å². The van der Waals surface area contributed by atoms with Gasteiger partial charge >= 0.3 is 0 Å². The zero-order valence-corrected chi connectivity index (χ0v) is 13.5. The topological polar surface area (TPSA) is 12.0 Å². The minimum absolute atomic E-state index is 0.465. The number of halogens is 2. The Bertz CT molecular complexity index is 536. The molecule has 0 radical (unpaired) electrons. The Hall–Kier alpha value is -0.350. The Morgan fingerprint density at radius 3 is 2.67 bits per heavy atom. The van der Waals surface area contributed by atoms with Crippen LogP contribution >= 0.6 is 38.9 Å². The quantitative estimate of drug-likeness (QED) is 0.790. The van der Waals surface area contributed by atoms with Crippen LogP contribution < -0.4 is 5.32 Å². The van der Waals surface area contributed by atoms with Gasteiger partial charge in [-0.25, -0.2) is 0 Å². The largest absolute Gasteiger partial charge is 0.310 e. The van der Waals surface area contributed by atoms with E-state index in [-0.39, 0.29) is 0 Å². The first kappa shape index (κ1) is 14.1. The lowest BCUT2D eigenvalue weighted by Gasteiger charge is -2.10. The fraction of sp³-hybridized carbons (Fsp3) is 0.286. The summed E-state index contributed by atoms with van der Waals surface area (Å²) in [5.74, 6) is 0. The van der Waals surface area contributed by atoms with Gasteiger partial charge in [-0.15, -0.1) is 11.3 Å². The second kappa shape index (κ2) is 6.20. The van der Waals surface area contributed by atoms with Gasteiger partial charge in [0.25, 0.3) is 0 Å². The maximum absolute atomic E-state index is 6.33. The van der Waals surface area contributed by atoms with E-state index in [1.54, 1.807) is 11.3 Å². The summed E-state index contributed by atoms with van der Waals surface area (Å²) in [6.07, 6.45) is 0. The monoisotopic (exact) mass is 343 g/mol. The van der Waals surface area contributed by atoms with Crippen molar-refractivity contribution in [3.8, 4) is 10.4 Å². The molecule has 1 aromatic carbocycles. The minimum atomic E-state index is 0.465. The van der Waals surface area contributed by atoms with E-state index >= 15 is 0 Å². The molecule has 0 saturated heterocycles. The van der Waals surface area contributed by atoms with E-state index in [0.717, 1.165) is 27.2 Å². The SMILES string of the molecule is CC(C)NCc1ccc(-c2sccc2Br)cc1Cl. The first-order chi connectivity index (χ1) is 8.58. The van der Waals surface area contributed by atoms with E-state index < -0.39 is 0 Å². The zero-order chi connectivity index (χ0) is 13.1. The van der Waals surface area contributed by atoms with E-state index in [1.165, 1.54) is 4.88 Å². The van der Waals surface area contributed by atoms with Crippen molar-refractivity contribution in [3.05, 3.63) is 44.7 Å². The van der Waals surface area contributed by atoms with Gasteiger partial charge in [-0.2, -0.15) is 0 Å². The first-order valence-electron chi connectivity index (χ1n) is 5.83. The molecular weight excluding hydrogens is 330 g/mol. The summed E-state index contributed by atoms with van der Waals surface area (Å²) in [6, 6.07) is 8.78. The van der Waals surface area contributed by atoms with Gasteiger partial charge in [0.1, 0.15) is 0 Å². The Morgan fingerprint density at radius 1 is 1.33 bits per heavy atom. The summed E-state index contributed by atoms with van der Waals surface area (Å²) in [7, 11) is 0. The van der Waals surface area contributed by atoms with Gasteiger partial charge in [-0.1, -0.05) is 37.6 Å².